The number of pyridine rings is 1. The minimum Gasteiger partial charge on any atom is -0.505 e. The topological polar surface area (TPSA) is 71.3 Å². The molecule has 0 spiro atoms. The van der Waals surface area contributed by atoms with Crippen molar-refractivity contribution in [2.45, 2.75) is 20.0 Å². The Morgan fingerprint density at radius 3 is 2.55 bits per heavy atom. The fourth-order valence-electron chi connectivity index (χ4n) is 3.35. The van der Waals surface area contributed by atoms with Gasteiger partial charge in [-0.3, -0.25) is 9.59 Å². The van der Waals surface area contributed by atoms with Gasteiger partial charge in [0.2, 0.25) is 0 Å². The highest BCUT2D eigenvalue weighted by Gasteiger charge is 2.23. The van der Waals surface area contributed by atoms with Gasteiger partial charge in [-0.25, -0.2) is 0 Å². The van der Waals surface area contributed by atoms with Crippen molar-refractivity contribution in [1.82, 2.24) is 9.88 Å². The van der Waals surface area contributed by atoms with Crippen LogP contribution < -0.4 is 10.9 Å². The van der Waals surface area contributed by atoms with Crippen molar-refractivity contribution < 1.29 is 9.90 Å². The Morgan fingerprint density at radius 1 is 1.07 bits per heavy atom. The molecule has 29 heavy (non-hydrogen) atoms. The molecule has 0 saturated heterocycles. The van der Waals surface area contributed by atoms with Crippen molar-refractivity contribution in [3.8, 4) is 5.75 Å². The van der Waals surface area contributed by atoms with Gasteiger partial charge in [0.1, 0.15) is 5.56 Å². The molecule has 4 aromatic rings. The monoisotopic (exact) mass is 404 g/mol. The highest BCUT2D eigenvalue weighted by molar-refractivity contribution is 7.17. The first-order chi connectivity index (χ1) is 14.1. The molecule has 1 amide bonds. The maximum absolute atomic E-state index is 13.2. The fourth-order valence-corrected chi connectivity index (χ4v) is 4.20. The SMILES string of the molecule is Cc1ccccc1CNC(=O)c1c(O)c2sccc2n(Cc2ccccc2)c1=O. The van der Waals surface area contributed by atoms with Gasteiger partial charge >= 0.3 is 0 Å². The summed E-state index contributed by atoms with van der Waals surface area (Å²) >= 11 is 1.31. The summed E-state index contributed by atoms with van der Waals surface area (Å²) in [5, 5.41) is 15.3. The normalized spacial score (nSPS) is 10.9. The first kappa shape index (κ1) is 19.0. The summed E-state index contributed by atoms with van der Waals surface area (Å²) in [6, 6.07) is 19.1. The van der Waals surface area contributed by atoms with Crippen LogP contribution in [0, 0.1) is 6.92 Å². The van der Waals surface area contributed by atoms with Crippen LogP contribution >= 0.6 is 11.3 Å². The molecule has 0 radical (unpaired) electrons. The standard InChI is InChI=1S/C23H20N2O3S/c1-15-7-5-6-10-17(15)13-24-22(27)19-20(26)21-18(11-12-29-21)25(23(19)28)14-16-8-3-2-4-9-16/h2-12,26H,13-14H2,1H3,(H,24,27). The molecule has 146 valence electrons. The largest absolute Gasteiger partial charge is 0.505 e. The summed E-state index contributed by atoms with van der Waals surface area (Å²) in [7, 11) is 0. The number of carbonyl (C=O) groups excluding carboxylic acids is 1. The van der Waals surface area contributed by atoms with E-state index in [0.717, 1.165) is 16.7 Å². The number of rotatable bonds is 5. The van der Waals surface area contributed by atoms with Crippen LogP contribution in [0.15, 0.2) is 70.8 Å². The number of carbonyl (C=O) groups is 1. The molecule has 2 heterocycles. The second-order valence-electron chi connectivity index (χ2n) is 6.84. The Hall–Kier alpha value is -3.38. The zero-order chi connectivity index (χ0) is 20.4. The first-order valence-corrected chi connectivity index (χ1v) is 10.1. The van der Waals surface area contributed by atoms with E-state index >= 15 is 0 Å². The van der Waals surface area contributed by atoms with Crippen LogP contribution in [-0.2, 0) is 13.1 Å². The van der Waals surface area contributed by atoms with Crippen LogP contribution in [0.5, 0.6) is 5.75 Å². The molecule has 0 aliphatic rings. The van der Waals surface area contributed by atoms with Crippen LogP contribution in [0.3, 0.4) is 0 Å². The van der Waals surface area contributed by atoms with Gasteiger partial charge in [0.15, 0.2) is 5.75 Å². The number of aryl methyl sites for hydroxylation is 1. The lowest BCUT2D eigenvalue weighted by Crippen LogP contribution is -2.33. The van der Waals surface area contributed by atoms with Crippen LogP contribution in [0.4, 0.5) is 0 Å². The third-order valence-corrected chi connectivity index (χ3v) is 5.87. The highest BCUT2D eigenvalue weighted by atomic mass is 32.1. The lowest BCUT2D eigenvalue weighted by atomic mass is 10.1. The zero-order valence-electron chi connectivity index (χ0n) is 15.9. The number of nitrogens with zero attached hydrogens (tertiary/aromatic N) is 1. The van der Waals surface area contributed by atoms with Crippen LogP contribution in [0.25, 0.3) is 10.2 Å². The molecule has 2 aromatic carbocycles. The maximum atomic E-state index is 13.2. The van der Waals surface area contributed by atoms with Crippen LogP contribution in [0.2, 0.25) is 0 Å². The third kappa shape index (κ3) is 3.67. The van der Waals surface area contributed by atoms with E-state index < -0.39 is 11.5 Å². The van der Waals surface area contributed by atoms with Gasteiger partial charge in [-0.15, -0.1) is 11.3 Å². The summed E-state index contributed by atoms with van der Waals surface area (Å²) in [5.74, 6) is -0.834. The molecule has 0 aliphatic carbocycles. The van der Waals surface area contributed by atoms with Crippen molar-refractivity contribution >= 4 is 27.5 Å². The highest BCUT2D eigenvalue weighted by Crippen LogP contribution is 2.31. The van der Waals surface area contributed by atoms with Gasteiger partial charge in [0, 0.05) is 6.54 Å². The van der Waals surface area contributed by atoms with Gasteiger partial charge < -0.3 is 15.0 Å². The van der Waals surface area contributed by atoms with Crippen molar-refractivity contribution in [2.75, 3.05) is 0 Å². The molecule has 0 fully saturated rings. The van der Waals surface area contributed by atoms with Crippen molar-refractivity contribution in [3.05, 3.63) is 98.7 Å². The van der Waals surface area contributed by atoms with E-state index in [2.05, 4.69) is 5.32 Å². The second-order valence-corrected chi connectivity index (χ2v) is 7.76. The number of thiophene rings is 1. The van der Waals surface area contributed by atoms with E-state index in [4.69, 9.17) is 0 Å². The predicted molar refractivity (Wildman–Crippen MR) is 116 cm³/mol. The molecular formula is C23H20N2O3S. The van der Waals surface area contributed by atoms with E-state index in [1.54, 1.807) is 16.0 Å². The molecule has 2 N–H and O–H groups in total. The van der Waals surface area contributed by atoms with E-state index in [9.17, 15) is 14.7 Å². The van der Waals surface area contributed by atoms with Crippen molar-refractivity contribution in [2.24, 2.45) is 0 Å². The zero-order valence-corrected chi connectivity index (χ0v) is 16.7. The average molecular weight is 404 g/mol. The molecule has 0 unspecified atom stereocenters. The summed E-state index contributed by atoms with van der Waals surface area (Å²) in [6.45, 7) is 2.57. The number of aromatic hydroxyl groups is 1. The summed E-state index contributed by atoms with van der Waals surface area (Å²) < 4.78 is 2.07. The molecule has 0 bridgehead atoms. The smallest absolute Gasteiger partial charge is 0.268 e. The molecule has 0 saturated carbocycles. The predicted octanol–water partition coefficient (Wildman–Crippen LogP) is 4.06. The van der Waals surface area contributed by atoms with Crippen LogP contribution in [-0.4, -0.2) is 15.6 Å². The van der Waals surface area contributed by atoms with Crippen LogP contribution in [0.1, 0.15) is 27.0 Å². The molecule has 4 rings (SSSR count). The van der Waals surface area contributed by atoms with Gasteiger partial charge in [-0.05, 0) is 35.1 Å². The number of nitrogens with one attached hydrogen (secondary N) is 1. The van der Waals surface area contributed by atoms with E-state index in [0.29, 0.717) is 16.8 Å². The first-order valence-electron chi connectivity index (χ1n) is 9.26. The van der Waals surface area contributed by atoms with Gasteiger partial charge in [0.05, 0.1) is 16.8 Å². The lowest BCUT2D eigenvalue weighted by Gasteiger charge is -2.13. The summed E-state index contributed by atoms with van der Waals surface area (Å²) in [5.41, 5.74) is 2.86. The summed E-state index contributed by atoms with van der Waals surface area (Å²) in [6.07, 6.45) is 0. The Labute approximate surface area is 171 Å². The maximum Gasteiger partial charge on any atom is 0.268 e. The molecule has 0 aliphatic heterocycles. The Morgan fingerprint density at radius 2 is 1.79 bits per heavy atom. The molecule has 6 heteroatoms. The van der Waals surface area contributed by atoms with Gasteiger partial charge in [-0.1, -0.05) is 54.6 Å². The number of aromatic nitrogens is 1. The third-order valence-electron chi connectivity index (χ3n) is 4.96. The minimum absolute atomic E-state index is 0.218. The Kier molecular flexibility index (Phi) is 5.18. The number of hydrogen-bond acceptors (Lipinski definition) is 4. The van der Waals surface area contributed by atoms with Gasteiger partial charge in [0.25, 0.3) is 11.5 Å². The molecular weight excluding hydrogens is 384 g/mol. The molecule has 5 nitrogen and oxygen atoms in total. The number of hydrogen-bond donors (Lipinski definition) is 2. The number of amides is 1. The number of benzene rings is 2. The quantitative estimate of drug-likeness (QED) is 0.527. The van der Waals surface area contributed by atoms with E-state index in [1.807, 2.05) is 61.5 Å². The Bertz CT molecular complexity index is 1240. The van der Waals surface area contributed by atoms with E-state index in [-0.39, 0.29) is 17.9 Å². The average Bonchev–Trinajstić information content (AvgIpc) is 3.21. The Balaban J connectivity index is 1.73. The molecule has 2 aromatic heterocycles. The molecule has 0 atom stereocenters. The minimum atomic E-state index is -0.576. The number of fused-ring (bicyclic) bond motifs is 1. The fraction of sp³-hybridized carbons (Fsp3) is 0.130. The lowest BCUT2D eigenvalue weighted by molar-refractivity contribution is 0.0946. The van der Waals surface area contributed by atoms with Gasteiger partial charge in [-0.2, -0.15) is 0 Å². The van der Waals surface area contributed by atoms with Crippen molar-refractivity contribution in [1.29, 1.82) is 0 Å². The van der Waals surface area contributed by atoms with E-state index in [1.165, 1.54) is 11.3 Å². The second kappa shape index (κ2) is 7.93. The van der Waals surface area contributed by atoms with Crippen molar-refractivity contribution in [3.63, 3.8) is 0 Å². The summed E-state index contributed by atoms with van der Waals surface area (Å²) in [4.78, 5) is 26.0.